The fourth-order valence-corrected chi connectivity index (χ4v) is 4.19. The summed E-state index contributed by atoms with van der Waals surface area (Å²) in [6.45, 7) is 23.8. The molecule has 2 heteroatoms. The molecule has 24 heavy (non-hydrogen) atoms. The SMILES string of the molecule is CCCCN(C)C(CC)CC(C)(C)CN(C)C(C)(C)CC(C)(C)C. The van der Waals surface area contributed by atoms with Crippen LogP contribution >= 0.6 is 0 Å². The van der Waals surface area contributed by atoms with Crippen LogP contribution in [0.5, 0.6) is 0 Å². The van der Waals surface area contributed by atoms with Crippen molar-refractivity contribution in [2.45, 2.75) is 106 Å². The second-order valence-corrected chi connectivity index (χ2v) is 10.7. The van der Waals surface area contributed by atoms with Crippen LogP contribution in [0.4, 0.5) is 0 Å². The molecule has 0 saturated heterocycles. The van der Waals surface area contributed by atoms with E-state index in [9.17, 15) is 0 Å². The Morgan fingerprint density at radius 2 is 1.42 bits per heavy atom. The van der Waals surface area contributed by atoms with Crippen molar-refractivity contribution >= 4 is 0 Å². The summed E-state index contributed by atoms with van der Waals surface area (Å²) in [5.41, 5.74) is 0.949. The van der Waals surface area contributed by atoms with Crippen molar-refractivity contribution in [3.63, 3.8) is 0 Å². The Balaban J connectivity index is 4.80. The van der Waals surface area contributed by atoms with Gasteiger partial charge in [-0.2, -0.15) is 0 Å². The third-order valence-electron chi connectivity index (χ3n) is 5.41. The smallest absolute Gasteiger partial charge is 0.0155 e. The van der Waals surface area contributed by atoms with Gasteiger partial charge in [-0.15, -0.1) is 0 Å². The molecule has 0 bridgehead atoms. The van der Waals surface area contributed by atoms with Crippen molar-refractivity contribution in [2.24, 2.45) is 10.8 Å². The van der Waals surface area contributed by atoms with Gasteiger partial charge in [-0.1, -0.05) is 54.9 Å². The van der Waals surface area contributed by atoms with Crippen LogP contribution in [0, 0.1) is 10.8 Å². The van der Waals surface area contributed by atoms with Crippen LogP contribution in [0.2, 0.25) is 0 Å². The van der Waals surface area contributed by atoms with Gasteiger partial charge in [-0.05, 0) is 71.0 Å². The molecule has 1 atom stereocenters. The van der Waals surface area contributed by atoms with Crippen LogP contribution in [-0.2, 0) is 0 Å². The average Bonchev–Trinajstić information content (AvgIpc) is 2.38. The molecule has 0 rings (SSSR count). The second kappa shape index (κ2) is 9.57. The van der Waals surface area contributed by atoms with Crippen LogP contribution in [0.1, 0.15) is 94.4 Å². The molecule has 0 spiro atoms. The Morgan fingerprint density at radius 3 is 1.83 bits per heavy atom. The highest BCUT2D eigenvalue weighted by atomic mass is 15.2. The van der Waals surface area contributed by atoms with Gasteiger partial charge >= 0.3 is 0 Å². The Bertz CT molecular complexity index is 338. The fraction of sp³-hybridized carbons (Fsp3) is 1.00. The molecule has 146 valence electrons. The predicted molar refractivity (Wildman–Crippen MR) is 111 cm³/mol. The van der Waals surface area contributed by atoms with E-state index < -0.39 is 0 Å². The van der Waals surface area contributed by atoms with E-state index in [1.54, 1.807) is 0 Å². The van der Waals surface area contributed by atoms with Gasteiger partial charge in [0.15, 0.2) is 0 Å². The Morgan fingerprint density at radius 1 is 0.875 bits per heavy atom. The molecule has 0 aliphatic rings. The first kappa shape index (κ1) is 23.9. The second-order valence-electron chi connectivity index (χ2n) is 10.7. The first-order chi connectivity index (χ1) is 10.7. The zero-order valence-electron chi connectivity index (χ0n) is 18.9. The molecule has 0 aromatic carbocycles. The van der Waals surface area contributed by atoms with E-state index in [4.69, 9.17) is 0 Å². The first-order valence-electron chi connectivity index (χ1n) is 10.2. The molecule has 0 fully saturated rings. The summed E-state index contributed by atoms with van der Waals surface area (Å²) in [4.78, 5) is 5.18. The highest BCUT2D eigenvalue weighted by Gasteiger charge is 2.33. The molecule has 2 nitrogen and oxygen atoms in total. The third kappa shape index (κ3) is 9.42. The number of hydrogen-bond donors (Lipinski definition) is 0. The van der Waals surface area contributed by atoms with E-state index in [1.807, 2.05) is 0 Å². The standard InChI is InChI=1S/C22H48N2/c1-12-14-15-23(10)19(13-2)16-21(6,7)18-24(11)22(8,9)17-20(3,4)5/h19H,12-18H2,1-11H3. The van der Waals surface area contributed by atoms with Gasteiger partial charge in [0.1, 0.15) is 0 Å². The van der Waals surface area contributed by atoms with Gasteiger partial charge in [0.25, 0.3) is 0 Å². The fourth-order valence-electron chi connectivity index (χ4n) is 4.19. The van der Waals surface area contributed by atoms with Crippen molar-refractivity contribution < 1.29 is 0 Å². The van der Waals surface area contributed by atoms with Crippen LogP contribution in [-0.4, -0.2) is 48.6 Å². The molecule has 0 amide bonds. The Kier molecular flexibility index (Phi) is 9.54. The van der Waals surface area contributed by atoms with Crippen LogP contribution < -0.4 is 0 Å². The minimum atomic E-state index is 0.241. The van der Waals surface area contributed by atoms with E-state index in [-0.39, 0.29) is 5.54 Å². The Hall–Kier alpha value is -0.0800. The van der Waals surface area contributed by atoms with Gasteiger partial charge in [0.2, 0.25) is 0 Å². The highest BCUT2D eigenvalue weighted by molar-refractivity contribution is 4.88. The normalized spacial score (nSPS) is 15.4. The molecular weight excluding hydrogens is 292 g/mol. The van der Waals surface area contributed by atoms with E-state index in [0.29, 0.717) is 16.9 Å². The van der Waals surface area contributed by atoms with Gasteiger partial charge in [0.05, 0.1) is 0 Å². The summed E-state index contributed by atoms with van der Waals surface area (Å²) < 4.78 is 0. The summed E-state index contributed by atoms with van der Waals surface area (Å²) in [7, 11) is 4.63. The number of unbranched alkanes of at least 4 members (excludes halogenated alkanes) is 1. The lowest BCUT2D eigenvalue weighted by atomic mass is 9.78. The minimum Gasteiger partial charge on any atom is -0.303 e. The number of nitrogens with zero attached hydrogens (tertiary/aromatic N) is 2. The van der Waals surface area contributed by atoms with Crippen molar-refractivity contribution in [1.29, 1.82) is 0 Å². The maximum Gasteiger partial charge on any atom is 0.0155 e. The van der Waals surface area contributed by atoms with Crippen LogP contribution in [0.15, 0.2) is 0 Å². The number of rotatable bonds is 11. The lowest BCUT2D eigenvalue weighted by Gasteiger charge is -2.45. The Labute approximate surface area is 154 Å². The first-order valence-corrected chi connectivity index (χ1v) is 10.2. The van der Waals surface area contributed by atoms with Gasteiger partial charge < -0.3 is 9.80 Å². The molecule has 0 aromatic rings. The maximum absolute atomic E-state index is 2.59. The van der Waals surface area contributed by atoms with Crippen LogP contribution in [0.25, 0.3) is 0 Å². The zero-order chi connectivity index (χ0) is 19.2. The van der Waals surface area contributed by atoms with E-state index >= 15 is 0 Å². The largest absolute Gasteiger partial charge is 0.303 e. The van der Waals surface area contributed by atoms with Crippen LogP contribution in [0.3, 0.4) is 0 Å². The van der Waals surface area contributed by atoms with Crippen molar-refractivity contribution in [2.75, 3.05) is 27.2 Å². The molecule has 0 aromatic heterocycles. The molecule has 0 aliphatic carbocycles. The molecule has 0 radical (unpaired) electrons. The summed E-state index contributed by atoms with van der Waals surface area (Å²) in [5.74, 6) is 0. The van der Waals surface area contributed by atoms with Gasteiger partial charge in [-0.25, -0.2) is 0 Å². The molecule has 1 unspecified atom stereocenters. The topological polar surface area (TPSA) is 6.48 Å². The molecule has 0 saturated carbocycles. The molecule has 0 N–H and O–H groups in total. The van der Waals surface area contributed by atoms with E-state index in [1.165, 1.54) is 38.6 Å². The lowest BCUT2D eigenvalue weighted by Crippen LogP contribution is -2.49. The predicted octanol–water partition coefficient (Wildman–Crippen LogP) is 6.06. The van der Waals surface area contributed by atoms with E-state index in [0.717, 1.165) is 6.54 Å². The molecular formula is C22H48N2. The summed E-state index contributed by atoms with van der Waals surface area (Å²) in [6, 6.07) is 0.700. The maximum atomic E-state index is 2.59. The zero-order valence-corrected chi connectivity index (χ0v) is 18.9. The minimum absolute atomic E-state index is 0.241. The third-order valence-corrected chi connectivity index (χ3v) is 5.41. The van der Waals surface area contributed by atoms with Crippen molar-refractivity contribution in [3.8, 4) is 0 Å². The quantitative estimate of drug-likeness (QED) is 0.451. The molecule has 0 aliphatic heterocycles. The summed E-state index contributed by atoms with van der Waals surface area (Å²) in [5, 5.41) is 0. The molecule has 0 heterocycles. The van der Waals surface area contributed by atoms with Gasteiger partial charge in [-0.3, -0.25) is 0 Å². The highest BCUT2D eigenvalue weighted by Crippen LogP contribution is 2.34. The average molecular weight is 341 g/mol. The van der Waals surface area contributed by atoms with E-state index in [2.05, 4.69) is 86.2 Å². The van der Waals surface area contributed by atoms with Crippen molar-refractivity contribution in [1.82, 2.24) is 9.80 Å². The lowest BCUT2D eigenvalue weighted by molar-refractivity contribution is 0.0512. The van der Waals surface area contributed by atoms with Crippen molar-refractivity contribution in [3.05, 3.63) is 0 Å². The number of hydrogen-bond acceptors (Lipinski definition) is 2. The summed E-state index contributed by atoms with van der Waals surface area (Å²) in [6.07, 6.45) is 6.35. The summed E-state index contributed by atoms with van der Waals surface area (Å²) >= 11 is 0. The monoisotopic (exact) mass is 340 g/mol. The van der Waals surface area contributed by atoms with Gasteiger partial charge in [0, 0.05) is 18.1 Å².